The van der Waals surface area contributed by atoms with E-state index in [9.17, 15) is 4.79 Å². The summed E-state index contributed by atoms with van der Waals surface area (Å²) in [6, 6.07) is 5.01. The van der Waals surface area contributed by atoms with Crippen molar-refractivity contribution in [2.75, 3.05) is 13.0 Å². The van der Waals surface area contributed by atoms with E-state index in [1.807, 2.05) is 0 Å². The van der Waals surface area contributed by atoms with Crippen molar-refractivity contribution in [1.29, 1.82) is 0 Å². The molecule has 15 heavy (non-hydrogen) atoms. The molecule has 1 aromatic rings. The molecule has 1 aromatic carbocycles. The van der Waals surface area contributed by atoms with Gasteiger partial charge in [0.05, 0.1) is 12.7 Å². The lowest BCUT2D eigenvalue weighted by molar-refractivity contribution is 0.0979. The molecule has 0 amide bonds. The summed E-state index contributed by atoms with van der Waals surface area (Å²) >= 11 is 11.3. The van der Waals surface area contributed by atoms with Crippen LogP contribution in [0, 0.1) is 0 Å². The Morgan fingerprint density at radius 1 is 1.47 bits per heavy atom. The van der Waals surface area contributed by atoms with Crippen LogP contribution in [-0.2, 0) is 0 Å². The Bertz CT molecular complexity index is 350. The summed E-state index contributed by atoms with van der Waals surface area (Å²) in [7, 11) is 1.53. The van der Waals surface area contributed by atoms with Crippen molar-refractivity contribution in [3.8, 4) is 5.75 Å². The van der Waals surface area contributed by atoms with Gasteiger partial charge < -0.3 is 4.74 Å². The Hall–Kier alpha value is -0.730. The highest BCUT2D eigenvalue weighted by molar-refractivity contribution is 6.31. The number of methoxy groups -OCH3 is 1. The van der Waals surface area contributed by atoms with Crippen molar-refractivity contribution in [3.63, 3.8) is 0 Å². The number of alkyl halides is 1. The molecule has 0 saturated carbocycles. The molecule has 0 aliphatic carbocycles. The van der Waals surface area contributed by atoms with Crippen molar-refractivity contribution < 1.29 is 9.53 Å². The van der Waals surface area contributed by atoms with Crippen LogP contribution in [0.15, 0.2) is 18.2 Å². The topological polar surface area (TPSA) is 26.3 Å². The van der Waals surface area contributed by atoms with Crippen LogP contribution in [-0.4, -0.2) is 18.8 Å². The number of ether oxygens (including phenoxy) is 1. The Morgan fingerprint density at radius 3 is 2.80 bits per heavy atom. The first kappa shape index (κ1) is 12.3. The van der Waals surface area contributed by atoms with E-state index in [1.54, 1.807) is 18.2 Å². The molecule has 0 spiro atoms. The van der Waals surface area contributed by atoms with Crippen LogP contribution < -0.4 is 4.74 Å². The summed E-state index contributed by atoms with van der Waals surface area (Å²) in [6.07, 6.45) is 1.08. The highest BCUT2D eigenvalue weighted by Gasteiger charge is 2.12. The highest BCUT2D eigenvalue weighted by atomic mass is 35.5. The number of ketones is 1. The lowest BCUT2D eigenvalue weighted by Gasteiger charge is -2.07. The number of rotatable bonds is 5. The highest BCUT2D eigenvalue weighted by Crippen LogP contribution is 2.24. The van der Waals surface area contributed by atoms with Crippen molar-refractivity contribution >= 4 is 29.0 Å². The summed E-state index contributed by atoms with van der Waals surface area (Å²) in [5.74, 6) is 1.04. The van der Waals surface area contributed by atoms with Crippen molar-refractivity contribution in [1.82, 2.24) is 0 Å². The van der Waals surface area contributed by atoms with E-state index < -0.39 is 0 Å². The van der Waals surface area contributed by atoms with Gasteiger partial charge in [-0.1, -0.05) is 11.6 Å². The Balaban J connectivity index is 2.90. The van der Waals surface area contributed by atoms with E-state index in [4.69, 9.17) is 27.9 Å². The number of halogens is 2. The van der Waals surface area contributed by atoms with Gasteiger partial charge >= 0.3 is 0 Å². The molecule has 0 saturated heterocycles. The molecule has 0 atom stereocenters. The molecule has 0 radical (unpaired) electrons. The molecular formula is C11H12Cl2O2. The molecule has 0 aromatic heterocycles. The van der Waals surface area contributed by atoms with Gasteiger partial charge in [-0.05, 0) is 24.6 Å². The minimum atomic E-state index is 0.00926. The Morgan fingerprint density at radius 2 is 2.20 bits per heavy atom. The molecule has 0 N–H and O–H groups in total. The van der Waals surface area contributed by atoms with E-state index >= 15 is 0 Å². The number of carbonyl (C=O) groups excluding carboxylic acids is 1. The average Bonchev–Trinajstić information content (AvgIpc) is 2.25. The maximum atomic E-state index is 11.7. The third-order valence-electron chi connectivity index (χ3n) is 2.00. The monoisotopic (exact) mass is 246 g/mol. The first-order valence-electron chi connectivity index (χ1n) is 4.61. The molecule has 0 aliphatic rings. The fraction of sp³-hybridized carbons (Fsp3) is 0.364. The van der Waals surface area contributed by atoms with E-state index in [0.29, 0.717) is 35.1 Å². The predicted octanol–water partition coefficient (Wildman–Crippen LogP) is 3.55. The normalized spacial score (nSPS) is 10.1. The van der Waals surface area contributed by atoms with Crippen molar-refractivity contribution in [2.24, 2.45) is 0 Å². The molecule has 2 nitrogen and oxygen atoms in total. The Labute approximate surface area is 99.1 Å². The second-order valence-corrected chi connectivity index (χ2v) is 3.87. The summed E-state index contributed by atoms with van der Waals surface area (Å²) in [5.41, 5.74) is 0.523. The first-order valence-corrected chi connectivity index (χ1v) is 5.53. The molecule has 0 aliphatic heterocycles. The third kappa shape index (κ3) is 3.40. The maximum Gasteiger partial charge on any atom is 0.166 e. The summed E-state index contributed by atoms with van der Waals surface area (Å²) < 4.78 is 5.09. The lowest BCUT2D eigenvalue weighted by Crippen LogP contribution is -2.02. The average molecular weight is 247 g/mol. The zero-order valence-corrected chi connectivity index (χ0v) is 9.94. The summed E-state index contributed by atoms with van der Waals surface area (Å²) in [4.78, 5) is 11.7. The zero-order chi connectivity index (χ0) is 11.3. The van der Waals surface area contributed by atoms with Gasteiger partial charge in [0.25, 0.3) is 0 Å². The molecule has 0 unspecified atom stereocenters. The largest absolute Gasteiger partial charge is 0.496 e. The molecular weight excluding hydrogens is 235 g/mol. The number of hydrogen-bond acceptors (Lipinski definition) is 2. The van der Waals surface area contributed by atoms with Crippen LogP contribution in [0.25, 0.3) is 0 Å². The van der Waals surface area contributed by atoms with Crippen LogP contribution in [0.1, 0.15) is 23.2 Å². The van der Waals surface area contributed by atoms with E-state index in [0.717, 1.165) is 0 Å². The maximum absolute atomic E-state index is 11.7. The summed E-state index contributed by atoms with van der Waals surface area (Å²) in [5, 5.41) is 0.532. The van der Waals surface area contributed by atoms with Crippen LogP contribution in [0.2, 0.25) is 5.02 Å². The van der Waals surface area contributed by atoms with Crippen LogP contribution in [0.5, 0.6) is 5.75 Å². The van der Waals surface area contributed by atoms with Gasteiger partial charge in [-0.25, -0.2) is 0 Å². The van der Waals surface area contributed by atoms with Gasteiger partial charge in [0, 0.05) is 17.3 Å². The van der Waals surface area contributed by atoms with Crippen molar-refractivity contribution in [3.05, 3.63) is 28.8 Å². The molecule has 1 rings (SSSR count). The van der Waals surface area contributed by atoms with E-state index in [1.165, 1.54) is 7.11 Å². The molecule has 0 heterocycles. The molecule has 82 valence electrons. The molecule has 0 bridgehead atoms. The smallest absolute Gasteiger partial charge is 0.166 e. The van der Waals surface area contributed by atoms with E-state index in [-0.39, 0.29) is 5.78 Å². The fourth-order valence-corrected chi connectivity index (χ4v) is 1.57. The quantitative estimate of drug-likeness (QED) is 0.587. The predicted molar refractivity (Wildman–Crippen MR) is 62.3 cm³/mol. The summed E-state index contributed by atoms with van der Waals surface area (Å²) in [6.45, 7) is 0. The van der Waals surface area contributed by atoms with Gasteiger partial charge in [0.15, 0.2) is 5.78 Å². The number of Topliss-reactive ketones (excluding diaryl/α,β-unsaturated/α-hetero) is 1. The standard InChI is InChI=1S/C11H12Cl2O2/c1-15-11-5-4-8(13)7-9(11)10(14)3-2-6-12/h4-5,7H,2-3,6H2,1H3. The molecule has 0 fully saturated rings. The first-order chi connectivity index (χ1) is 7.19. The van der Waals surface area contributed by atoms with Gasteiger partial charge in [0.1, 0.15) is 5.75 Å². The number of benzene rings is 1. The van der Waals surface area contributed by atoms with Crippen molar-refractivity contribution in [2.45, 2.75) is 12.8 Å². The van der Waals surface area contributed by atoms with Crippen LogP contribution in [0.4, 0.5) is 0 Å². The van der Waals surface area contributed by atoms with Gasteiger partial charge in [0.2, 0.25) is 0 Å². The minimum absolute atomic E-state index is 0.00926. The number of hydrogen-bond donors (Lipinski definition) is 0. The zero-order valence-electron chi connectivity index (χ0n) is 8.43. The van der Waals surface area contributed by atoms with Gasteiger partial charge in [-0.15, -0.1) is 11.6 Å². The third-order valence-corrected chi connectivity index (χ3v) is 2.50. The Kier molecular flexibility index (Phi) is 4.92. The number of carbonyl (C=O) groups is 1. The second-order valence-electron chi connectivity index (χ2n) is 3.06. The fourth-order valence-electron chi connectivity index (χ4n) is 1.26. The lowest BCUT2D eigenvalue weighted by atomic mass is 10.1. The second kappa shape index (κ2) is 5.99. The molecule has 4 heteroatoms. The van der Waals surface area contributed by atoms with Crippen LogP contribution >= 0.6 is 23.2 Å². The van der Waals surface area contributed by atoms with Crippen LogP contribution in [0.3, 0.4) is 0 Å². The van der Waals surface area contributed by atoms with Gasteiger partial charge in [-0.2, -0.15) is 0 Å². The van der Waals surface area contributed by atoms with E-state index in [2.05, 4.69) is 0 Å². The van der Waals surface area contributed by atoms with Gasteiger partial charge in [-0.3, -0.25) is 4.79 Å². The minimum Gasteiger partial charge on any atom is -0.496 e. The SMILES string of the molecule is COc1ccc(Cl)cc1C(=O)CCCCl.